The van der Waals surface area contributed by atoms with Gasteiger partial charge in [-0.25, -0.2) is 0 Å². The van der Waals surface area contributed by atoms with E-state index in [2.05, 4.69) is 0 Å². The third-order valence-electron chi connectivity index (χ3n) is 4.98. The van der Waals surface area contributed by atoms with Crippen LogP contribution in [0.15, 0.2) is 71.7 Å². The minimum atomic E-state index is -0.245. The zero-order valence-electron chi connectivity index (χ0n) is 14.7. The molecule has 0 atom stereocenters. The molecule has 0 spiro atoms. The molecule has 4 rings (SSSR count). The summed E-state index contributed by atoms with van der Waals surface area (Å²) in [5.41, 5.74) is 4.24. The van der Waals surface area contributed by atoms with Gasteiger partial charge in [0.05, 0.1) is 6.54 Å². The molecule has 0 unspecified atom stereocenters. The molecule has 3 aromatic rings. The van der Waals surface area contributed by atoms with Gasteiger partial charge in [0.25, 0.3) is 11.5 Å². The standard InChI is InChI=1S/C22H20N2O2/c1-16-7-2-3-9-18(16)15-23-13-6-10-19(21(23)25)22(26)24-14-12-17-8-4-5-11-20(17)24/h2-11,13H,12,14-15H2,1H3. The predicted octanol–water partition coefficient (Wildman–Crippen LogP) is 3.41. The first kappa shape index (κ1) is 16.3. The third-order valence-corrected chi connectivity index (χ3v) is 4.98. The SMILES string of the molecule is Cc1ccccc1Cn1cccc(C(=O)N2CCc3ccccc32)c1=O. The van der Waals surface area contributed by atoms with Crippen LogP contribution in [0.3, 0.4) is 0 Å². The quantitative estimate of drug-likeness (QED) is 0.731. The van der Waals surface area contributed by atoms with Crippen LogP contribution >= 0.6 is 0 Å². The summed E-state index contributed by atoms with van der Waals surface area (Å²) in [6, 6.07) is 19.2. The van der Waals surface area contributed by atoms with E-state index in [1.54, 1.807) is 27.8 Å². The Kier molecular flexibility index (Phi) is 4.17. The van der Waals surface area contributed by atoms with Gasteiger partial charge < -0.3 is 9.47 Å². The average Bonchev–Trinajstić information content (AvgIpc) is 3.09. The number of nitrogens with zero attached hydrogens (tertiary/aromatic N) is 2. The van der Waals surface area contributed by atoms with Gasteiger partial charge in [-0.3, -0.25) is 9.59 Å². The van der Waals surface area contributed by atoms with Crippen LogP contribution in [-0.2, 0) is 13.0 Å². The monoisotopic (exact) mass is 344 g/mol. The lowest BCUT2D eigenvalue weighted by Gasteiger charge is -2.18. The second-order valence-corrected chi connectivity index (χ2v) is 6.62. The van der Waals surface area contributed by atoms with Gasteiger partial charge in [-0.1, -0.05) is 42.5 Å². The Balaban J connectivity index is 1.67. The molecule has 0 saturated heterocycles. The molecule has 1 aromatic heterocycles. The molecule has 2 aromatic carbocycles. The number of benzene rings is 2. The van der Waals surface area contributed by atoms with Crippen molar-refractivity contribution >= 4 is 11.6 Å². The third kappa shape index (κ3) is 2.84. The Morgan fingerprint density at radius 2 is 1.77 bits per heavy atom. The molecule has 130 valence electrons. The number of hydrogen-bond donors (Lipinski definition) is 0. The van der Waals surface area contributed by atoms with Gasteiger partial charge >= 0.3 is 0 Å². The predicted molar refractivity (Wildman–Crippen MR) is 103 cm³/mol. The van der Waals surface area contributed by atoms with Gasteiger partial charge in [-0.05, 0) is 48.2 Å². The topological polar surface area (TPSA) is 42.3 Å². The molecular weight excluding hydrogens is 324 g/mol. The molecule has 0 aliphatic carbocycles. The van der Waals surface area contributed by atoms with E-state index < -0.39 is 0 Å². The first-order valence-corrected chi connectivity index (χ1v) is 8.79. The smallest absolute Gasteiger partial charge is 0.263 e. The van der Waals surface area contributed by atoms with E-state index in [9.17, 15) is 9.59 Å². The van der Waals surface area contributed by atoms with Crippen LogP contribution in [0.25, 0.3) is 0 Å². The largest absolute Gasteiger partial charge is 0.310 e. The fourth-order valence-corrected chi connectivity index (χ4v) is 3.49. The first-order chi connectivity index (χ1) is 12.6. The van der Waals surface area contributed by atoms with Crippen LogP contribution in [0.1, 0.15) is 27.0 Å². The van der Waals surface area contributed by atoms with Crippen molar-refractivity contribution in [3.8, 4) is 0 Å². The highest BCUT2D eigenvalue weighted by Crippen LogP contribution is 2.28. The summed E-state index contributed by atoms with van der Waals surface area (Å²) in [7, 11) is 0. The number of anilines is 1. The molecule has 1 aliphatic heterocycles. The summed E-state index contributed by atoms with van der Waals surface area (Å²) in [4.78, 5) is 27.6. The summed E-state index contributed by atoms with van der Waals surface area (Å²) in [6.07, 6.45) is 2.57. The second-order valence-electron chi connectivity index (χ2n) is 6.62. The van der Waals surface area contributed by atoms with Crippen molar-refractivity contribution in [3.63, 3.8) is 0 Å². The Labute approximate surface area is 152 Å². The van der Waals surface area contributed by atoms with E-state index in [0.29, 0.717) is 13.1 Å². The number of pyridine rings is 1. The van der Waals surface area contributed by atoms with Crippen LogP contribution in [0.4, 0.5) is 5.69 Å². The maximum Gasteiger partial charge on any atom is 0.263 e. The van der Waals surface area contributed by atoms with Crippen LogP contribution in [-0.4, -0.2) is 17.0 Å². The Bertz CT molecular complexity index is 1040. The Hall–Kier alpha value is -3.14. The van der Waals surface area contributed by atoms with Crippen molar-refractivity contribution in [1.29, 1.82) is 0 Å². The maximum atomic E-state index is 13.0. The van der Waals surface area contributed by atoms with Crippen molar-refractivity contribution in [1.82, 2.24) is 4.57 Å². The number of hydrogen-bond acceptors (Lipinski definition) is 2. The number of aromatic nitrogens is 1. The summed E-state index contributed by atoms with van der Waals surface area (Å²) in [5.74, 6) is -0.223. The van der Waals surface area contributed by atoms with Crippen molar-refractivity contribution in [3.05, 3.63) is 99.5 Å². The summed E-state index contributed by atoms with van der Waals surface area (Å²) < 4.78 is 1.61. The van der Waals surface area contributed by atoms with Crippen molar-refractivity contribution in [2.75, 3.05) is 11.4 Å². The highest BCUT2D eigenvalue weighted by atomic mass is 16.2. The molecule has 0 bridgehead atoms. The van der Waals surface area contributed by atoms with E-state index in [0.717, 1.165) is 28.8 Å². The number of aryl methyl sites for hydroxylation is 1. The lowest BCUT2D eigenvalue weighted by molar-refractivity contribution is 0.0987. The number of carbonyl (C=O) groups excluding carboxylic acids is 1. The number of carbonyl (C=O) groups is 1. The molecule has 0 fully saturated rings. The van der Waals surface area contributed by atoms with Gasteiger partial charge in [0.2, 0.25) is 0 Å². The van der Waals surface area contributed by atoms with E-state index in [1.165, 1.54) is 0 Å². The molecule has 0 N–H and O–H groups in total. The minimum absolute atomic E-state index is 0.220. The number of para-hydroxylation sites is 1. The number of amides is 1. The highest BCUT2D eigenvalue weighted by Gasteiger charge is 2.27. The normalized spacial score (nSPS) is 12.9. The van der Waals surface area contributed by atoms with Gasteiger partial charge in [-0.15, -0.1) is 0 Å². The van der Waals surface area contributed by atoms with Crippen molar-refractivity contribution < 1.29 is 4.79 Å². The zero-order chi connectivity index (χ0) is 18.1. The molecule has 4 heteroatoms. The number of fused-ring (bicyclic) bond motifs is 1. The minimum Gasteiger partial charge on any atom is -0.310 e. The van der Waals surface area contributed by atoms with E-state index >= 15 is 0 Å². The fourth-order valence-electron chi connectivity index (χ4n) is 3.49. The summed E-state index contributed by atoms with van der Waals surface area (Å²) in [5, 5.41) is 0. The van der Waals surface area contributed by atoms with E-state index in [-0.39, 0.29) is 17.0 Å². The van der Waals surface area contributed by atoms with Crippen LogP contribution in [0, 0.1) is 6.92 Å². The summed E-state index contributed by atoms with van der Waals surface area (Å²) >= 11 is 0. The van der Waals surface area contributed by atoms with E-state index in [4.69, 9.17) is 0 Å². The summed E-state index contributed by atoms with van der Waals surface area (Å²) in [6.45, 7) is 3.10. The molecule has 0 radical (unpaired) electrons. The van der Waals surface area contributed by atoms with Gasteiger partial charge in [0.15, 0.2) is 0 Å². The lowest BCUT2D eigenvalue weighted by atomic mass is 10.1. The second kappa shape index (κ2) is 6.64. The zero-order valence-corrected chi connectivity index (χ0v) is 14.7. The van der Waals surface area contributed by atoms with Crippen LogP contribution in [0.2, 0.25) is 0 Å². The molecule has 1 amide bonds. The molecule has 2 heterocycles. The Morgan fingerprint density at radius 3 is 2.62 bits per heavy atom. The van der Waals surface area contributed by atoms with Crippen molar-refractivity contribution in [2.24, 2.45) is 0 Å². The average molecular weight is 344 g/mol. The highest BCUT2D eigenvalue weighted by molar-refractivity contribution is 6.07. The Morgan fingerprint density at radius 1 is 1.00 bits per heavy atom. The molecular formula is C22H20N2O2. The van der Waals surface area contributed by atoms with Crippen LogP contribution < -0.4 is 10.5 Å². The lowest BCUT2D eigenvalue weighted by Crippen LogP contribution is -2.35. The van der Waals surface area contributed by atoms with Gasteiger partial charge in [0.1, 0.15) is 5.56 Å². The molecule has 4 nitrogen and oxygen atoms in total. The van der Waals surface area contributed by atoms with E-state index in [1.807, 2.05) is 55.5 Å². The van der Waals surface area contributed by atoms with Crippen molar-refractivity contribution in [2.45, 2.75) is 19.9 Å². The molecule has 26 heavy (non-hydrogen) atoms. The fraction of sp³-hybridized carbons (Fsp3) is 0.182. The number of rotatable bonds is 3. The molecule has 1 aliphatic rings. The van der Waals surface area contributed by atoms with Gasteiger partial charge in [-0.2, -0.15) is 0 Å². The first-order valence-electron chi connectivity index (χ1n) is 8.79. The van der Waals surface area contributed by atoms with Crippen LogP contribution in [0.5, 0.6) is 0 Å². The van der Waals surface area contributed by atoms with Gasteiger partial charge in [0, 0.05) is 18.4 Å². The maximum absolute atomic E-state index is 13.0. The molecule has 0 saturated carbocycles.